The average molecular weight is 680 g/mol. The summed E-state index contributed by atoms with van der Waals surface area (Å²) in [6, 6.07) is 2.33. The summed E-state index contributed by atoms with van der Waals surface area (Å²) in [5, 5.41) is 3.48. The van der Waals surface area contributed by atoms with Crippen molar-refractivity contribution < 1.29 is 32.5 Å². The molecule has 0 unspecified atom stereocenters. The number of hydrogen-bond acceptors (Lipinski definition) is 12. The Morgan fingerprint density at radius 2 is 1.94 bits per heavy atom. The maximum atomic E-state index is 16.8. The lowest BCUT2D eigenvalue weighted by Crippen LogP contribution is -2.47. The van der Waals surface area contributed by atoms with Gasteiger partial charge in [0.2, 0.25) is 11.7 Å². The molecule has 0 spiro atoms. The van der Waals surface area contributed by atoms with Crippen LogP contribution in [0.3, 0.4) is 0 Å². The topological polar surface area (TPSA) is 137 Å². The van der Waals surface area contributed by atoms with Crippen molar-refractivity contribution in [2.45, 2.75) is 25.0 Å². The number of morpholine rings is 1. The first-order chi connectivity index (χ1) is 23.3. The van der Waals surface area contributed by atoms with Crippen LogP contribution in [0.1, 0.15) is 12.8 Å². The molecule has 0 radical (unpaired) electrons. The minimum atomic E-state index is -0.709. The Labute approximate surface area is 278 Å². The number of hydrogen-bond donors (Lipinski definition) is 2. The number of thiazole rings is 1. The molecule has 8 rings (SSSR count). The Balaban J connectivity index is 1.23. The van der Waals surface area contributed by atoms with Crippen LogP contribution < -0.4 is 25.4 Å². The lowest BCUT2D eigenvalue weighted by molar-refractivity contribution is -0.117. The third-order valence-electron chi connectivity index (χ3n) is 9.60. The molecule has 1 aliphatic carbocycles. The highest BCUT2D eigenvalue weighted by Gasteiger charge is 2.54. The Morgan fingerprint density at radius 3 is 2.73 bits per heavy atom. The maximum absolute atomic E-state index is 16.8. The van der Waals surface area contributed by atoms with E-state index in [2.05, 4.69) is 26.8 Å². The number of nitrogens with zero attached hydrogens (tertiary/aromatic N) is 5. The molecule has 4 aliphatic rings. The molecule has 2 saturated heterocycles. The summed E-state index contributed by atoms with van der Waals surface area (Å²) in [6.07, 6.45) is 4.45. The van der Waals surface area contributed by atoms with Crippen molar-refractivity contribution in [2.75, 3.05) is 76.4 Å². The third kappa shape index (κ3) is 5.57. The third-order valence-corrected chi connectivity index (χ3v) is 10.5. The summed E-state index contributed by atoms with van der Waals surface area (Å²) in [4.78, 5) is 30.2. The zero-order valence-corrected chi connectivity index (χ0v) is 27.0. The van der Waals surface area contributed by atoms with Gasteiger partial charge in [-0.3, -0.25) is 14.7 Å². The van der Waals surface area contributed by atoms with Crippen LogP contribution in [0.15, 0.2) is 31.0 Å². The van der Waals surface area contributed by atoms with E-state index in [1.54, 1.807) is 6.20 Å². The first-order valence-electron chi connectivity index (χ1n) is 16.1. The number of rotatable bonds is 7. The number of pyridine rings is 2. The van der Waals surface area contributed by atoms with Crippen LogP contribution in [-0.4, -0.2) is 104 Å². The molecule has 4 aromatic rings. The van der Waals surface area contributed by atoms with Gasteiger partial charge in [0.25, 0.3) is 5.88 Å². The zero-order chi connectivity index (χ0) is 33.0. The summed E-state index contributed by atoms with van der Waals surface area (Å²) < 4.78 is 56.3. The molecule has 1 amide bonds. The molecule has 6 heterocycles. The molecule has 3 N–H and O–H groups in total. The number of aromatic nitrogens is 3. The van der Waals surface area contributed by atoms with Crippen molar-refractivity contribution in [2.24, 2.45) is 5.41 Å². The number of carbonyl (C=O) groups excluding carboxylic acids is 1. The summed E-state index contributed by atoms with van der Waals surface area (Å²) >= 11 is 0.990. The predicted octanol–water partition coefficient (Wildman–Crippen LogP) is 3.53. The van der Waals surface area contributed by atoms with Gasteiger partial charge in [-0.25, -0.2) is 18.7 Å². The molecule has 3 aromatic heterocycles. The van der Waals surface area contributed by atoms with E-state index in [0.717, 1.165) is 43.8 Å². The summed E-state index contributed by atoms with van der Waals surface area (Å²) in [5.41, 5.74) is 6.88. The Hall–Kier alpha value is -4.18. The largest absolute Gasteiger partial charge is 0.482 e. The van der Waals surface area contributed by atoms with Crippen LogP contribution in [-0.2, 0) is 14.3 Å². The van der Waals surface area contributed by atoms with E-state index in [9.17, 15) is 9.18 Å². The SMILES string of the molecule is C=CC(=O)N[C@H]1COCCN(c2c3c(nc4c(F)c(-c5ccc(F)c6sc(N)nc56)ncc24)O[C@@H](C2(CN4CCOCC4)CC2)CO3)C1. The fraction of sp³-hybridized carbons (Fsp3) is 0.455. The van der Waals surface area contributed by atoms with Crippen LogP contribution in [0.4, 0.5) is 19.6 Å². The van der Waals surface area contributed by atoms with Crippen molar-refractivity contribution >= 4 is 49.2 Å². The molecule has 2 atom stereocenters. The number of anilines is 2. The van der Waals surface area contributed by atoms with Gasteiger partial charge in [-0.05, 0) is 31.1 Å². The van der Waals surface area contributed by atoms with E-state index >= 15 is 4.39 Å². The van der Waals surface area contributed by atoms with Crippen molar-refractivity contribution in [1.82, 2.24) is 25.2 Å². The van der Waals surface area contributed by atoms with Crippen LogP contribution in [0.2, 0.25) is 0 Å². The van der Waals surface area contributed by atoms with Crippen LogP contribution >= 0.6 is 11.3 Å². The molecule has 48 heavy (non-hydrogen) atoms. The van der Waals surface area contributed by atoms with Crippen LogP contribution in [0.5, 0.6) is 11.6 Å². The van der Waals surface area contributed by atoms with E-state index in [1.807, 2.05) is 4.90 Å². The molecule has 1 saturated carbocycles. The van der Waals surface area contributed by atoms with Gasteiger partial charge in [0.1, 0.15) is 29.7 Å². The molecular formula is C33H35F2N7O5S. The van der Waals surface area contributed by atoms with Gasteiger partial charge in [0.15, 0.2) is 10.9 Å². The number of nitrogen functional groups attached to an aromatic ring is 1. The molecule has 3 fully saturated rings. The highest BCUT2D eigenvalue weighted by atomic mass is 32.1. The van der Waals surface area contributed by atoms with Gasteiger partial charge in [-0.15, -0.1) is 0 Å². The fourth-order valence-corrected chi connectivity index (χ4v) is 7.73. The number of ether oxygens (including phenoxy) is 4. The van der Waals surface area contributed by atoms with Gasteiger partial charge >= 0.3 is 0 Å². The molecular weight excluding hydrogens is 644 g/mol. The molecule has 252 valence electrons. The van der Waals surface area contributed by atoms with Gasteiger partial charge in [-0.2, -0.15) is 0 Å². The van der Waals surface area contributed by atoms with Crippen molar-refractivity contribution in [1.29, 1.82) is 0 Å². The van der Waals surface area contributed by atoms with E-state index in [1.165, 1.54) is 18.2 Å². The number of nitrogens with two attached hydrogens (primary N) is 1. The lowest BCUT2D eigenvalue weighted by atomic mass is 9.97. The van der Waals surface area contributed by atoms with Gasteiger partial charge in [-0.1, -0.05) is 17.9 Å². The summed E-state index contributed by atoms with van der Waals surface area (Å²) in [6.45, 7) is 9.29. The van der Waals surface area contributed by atoms with Gasteiger partial charge < -0.3 is 34.9 Å². The highest BCUT2D eigenvalue weighted by molar-refractivity contribution is 7.22. The van der Waals surface area contributed by atoms with Crippen LogP contribution in [0, 0.1) is 17.0 Å². The maximum Gasteiger partial charge on any atom is 0.260 e. The summed E-state index contributed by atoms with van der Waals surface area (Å²) in [7, 11) is 0. The second-order valence-corrected chi connectivity index (χ2v) is 13.7. The molecule has 3 aliphatic heterocycles. The summed E-state index contributed by atoms with van der Waals surface area (Å²) in [5.74, 6) is -0.948. The molecule has 0 bridgehead atoms. The van der Waals surface area contributed by atoms with Gasteiger partial charge in [0, 0.05) is 55.3 Å². The highest BCUT2D eigenvalue weighted by Crippen LogP contribution is 2.54. The quantitative estimate of drug-likeness (QED) is 0.278. The van der Waals surface area contributed by atoms with E-state index < -0.39 is 11.6 Å². The Morgan fingerprint density at radius 1 is 1.12 bits per heavy atom. The van der Waals surface area contributed by atoms with E-state index in [4.69, 9.17) is 29.7 Å². The van der Waals surface area contributed by atoms with Crippen molar-refractivity contribution in [3.8, 4) is 22.9 Å². The minimum absolute atomic E-state index is 0.0218. The number of halogens is 2. The normalized spacial score (nSPS) is 22.4. The van der Waals surface area contributed by atoms with E-state index in [-0.39, 0.29) is 55.9 Å². The second kappa shape index (κ2) is 12.4. The monoisotopic (exact) mass is 679 g/mol. The second-order valence-electron chi connectivity index (χ2n) is 12.7. The first-order valence-corrected chi connectivity index (χ1v) is 16.9. The number of nitrogens with one attached hydrogen (secondary N) is 1. The number of carbonyl (C=O) groups is 1. The number of amides is 1. The first kappa shape index (κ1) is 31.1. The molecule has 1 aromatic carbocycles. The fourth-order valence-electron chi connectivity index (χ4n) is 6.97. The lowest BCUT2D eigenvalue weighted by Gasteiger charge is -2.38. The standard InChI is InChI=1S/C33H35F2N7O5S/c1-2-23(43)38-18-14-42(9-12-45-15-18)28-20-13-37-25(19-3-4-21(34)30-27(19)40-32(36)48-30)24(35)26(20)39-31-29(28)46-16-22(47-31)33(5-6-33)17-41-7-10-44-11-8-41/h2-4,13,18,22H,1,5-12,14-17H2,(H2,36,40)(H,38,43)/t18-,22-/m1/s1. The Kier molecular flexibility index (Phi) is 8.01. The smallest absolute Gasteiger partial charge is 0.260 e. The molecule has 15 heteroatoms. The number of fused-ring (bicyclic) bond motifs is 3. The minimum Gasteiger partial charge on any atom is -0.482 e. The van der Waals surface area contributed by atoms with E-state index in [0.29, 0.717) is 68.5 Å². The average Bonchev–Trinajstić information content (AvgIpc) is 3.82. The number of benzene rings is 1. The van der Waals surface area contributed by atoms with Crippen molar-refractivity contribution in [3.63, 3.8) is 0 Å². The molecule has 12 nitrogen and oxygen atoms in total. The predicted molar refractivity (Wildman–Crippen MR) is 176 cm³/mol. The van der Waals surface area contributed by atoms with Gasteiger partial charge in [0.05, 0.1) is 48.4 Å². The van der Waals surface area contributed by atoms with Crippen molar-refractivity contribution in [3.05, 3.63) is 42.6 Å². The zero-order valence-electron chi connectivity index (χ0n) is 26.2. The van der Waals surface area contributed by atoms with Crippen LogP contribution in [0.25, 0.3) is 32.4 Å². The Bertz CT molecular complexity index is 1910.